The average molecular weight is 689 g/mol. The van der Waals surface area contributed by atoms with Gasteiger partial charge in [0.2, 0.25) is 0 Å². The molecule has 0 saturated heterocycles. The topological polar surface area (TPSA) is 123 Å². The lowest BCUT2D eigenvalue weighted by Gasteiger charge is -2.70. The number of amides is 1. The van der Waals surface area contributed by atoms with Crippen molar-refractivity contribution in [1.82, 2.24) is 10.3 Å². The number of hydrogen-bond donors (Lipinski definition) is 2. The van der Waals surface area contributed by atoms with E-state index in [0.717, 1.165) is 56.9 Å². The van der Waals surface area contributed by atoms with Crippen LogP contribution < -0.4 is 5.32 Å². The molecule has 0 radical (unpaired) electrons. The van der Waals surface area contributed by atoms with E-state index in [1.807, 2.05) is 13.0 Å². The molecule has 8 nitrogen and oxygen atoms in total. The molecular formula is C42H60N2O6. The maximum Gasteiger partial charge on any atom is 0.309 e. The molecule has 0 spiro atoms. The Morgan fingerprint density at radius 1 is 1.00 bits per heavy atom. The van der Waals surface area contributed by atoms with E-state index in [0.29, 0.717) is 23.8 Å². The number of aromatic nitrogens is 1. The number of hydrogen-bond acceptors (Lipinski definition) is 6. The summed E-state index contributed by atoms with van der Waals surface area (Å²) in [6, 6.07) is 1.87. The zero-order valence-corrected chi connectivity index (χ0v) is 32.1. The number of nitrogens with one attached hydrogen (secondary N) is 1. The largest absolute Gasteiger partial charge is 0.481 e. The first-order valence-corrected chi connectivity index (χ1v) is 19.1. The maximum atomic E-state index is 14.0. The van der Waals surface area contributed by atoms with Gasteiger partial charge in [-0.1, -0.05) is 54.0 Å². The molecule has 4 saturated carbocycles. The third kappa shape index (κ3) is 5.39. The molecule has 6 rings (SSSR count). The molecule has 0 aliphatic heterocycles. The molecule has 2 N–H and O–H groups in total. The van der Waals surface area contributed by atoms with Crippen molar-refractivity contribution < 1.29 is 29.0 Å². The Morgan fingerprint density at radius 3 is 2.34 bits per heavy atom. The van der Waals surface area contributed by atoms with Crippen molar-refractivity contribution in [3.63, 3.8) is 0 Å². The van der Waals surface area contributed by atoms with Crippen LogP contribution in [0.2, 0.25) is 0 Å². The molecule has 50 heavy (non-hydrogen) atoms. The number of ketones is 1. The molecular weight excluding hydrogens is 628 g/mol. The van der Waals surface area contributed by atoms with Crippen LogP contribution in [0.15, 0.2) is 29.6 Å². The summed E-state index contributed by atoms with van der Waals surface area (Å²) in [7, 11) is 0. The fraction of sp³-hybridized carbons (Fsp3) is 0.738. The summed E-state index contributed by atoms with van der Waals surface area (Å²) < 4.78 is 6.15. The number of carbonyl (C=O) groups excluding carboxylic acids is 3. The first kappa shape index (κ1) is 36.8. The van der Waals surface area contributed by atoms with E-state index in [4.69, 9.17) is 4.74 Å². The van der Waals surface area contributed by atoms with Crippen molar-refractivity contribution in [2.75, 3.05) is 0 Å². The van der Waals surface area contributed by atoms with Crippen LogP contribution in [-0.4, -0.2) is 45.4 Å². The van der Waals surface area contributed by atoms with Crippen LogP contribution in [0.25, 0.3) is 0 Å². The van der Waals surface area contributed by atoms with E-state index in [2.05, 4.69) is 58.8 Å². The van der Waals surface area contributed by atoms with Gasteiger partial charge in [-0.05, 0) is 123 Å². The highest BCUT2D eigenvalue weighted by atomic mass is 16.5. The molecule has 1 amide bonds. The highest BCUT2D eigenvalue weighted by molar-refractivity contribution is 5.98. The fourth-order valence-electron chi connectivity index (χ4n) is 12.4. The minimum atomic E-state index is -1.17. The minimum Gasteiger partial charge on any atom is -0.481 e. The number of nitrogens with zero attached hydrogens (tertiary/aromatic N) is 1. The smallest absolute Gasteiger partial charge is 0.309 e. The van der Waals surface area contributed by atoms with Crippen molar-refractivity contribution >= 4 is 23.6 Å². The fourth-order valence-corrected chi connectivity index (χ4v) is 12.4. The lowest BCUT2D eigenvalue weighted by atomic mass is 9.34. The number of aliphatic carboxylic acids is 1. The predicted molar refractivity (Wildman–Crippen MR) is 192 cm³/mol. The summed E-state index contributed by atoms with van der Waals surface area (Å²) in [4.78, 5) is 56.8. The molecule has 0 bridgehead atoms. The third-order valence-electron chi connectivity index (χ3n) is 15.2. The van der Waals surface area contributed by atoms with Crippen LogP contribution in [0.1, 0.15) is 142 Å². The van der Waals surface area contributed by atoms with E-state index in [1.54, 1.807) is 26.2 Å². The summed E-state index contributed by atoms with van der Waals surface area (Å²) in [6.45, 7) is 21.4. The van der Waals surface area contributed by atoms with E-state index in [1.165, 1.54) is 11.1 Å². The van der Waals surface area contributed by atoms with Crippen molar-refractivity contribution in [2.24, 2.45) is 50.7 Å². The predicted octanol–water partition coefficient (Wildman–Crippen LogP) is 8.27. The zero-order valence-electron chi connectivity index (χ0n) is 32.1. The van der Waals surface area contributed by atoms with Gasteiger partial charge >= 0.3 is 11.9 Å². The highest BCUT2D eigenvalue weighted by Crippen LogP contribution is 2.75. The summed E-state index contributed by atoms with van der Waals surface area (Å²) >= 11 is 0. The standard InChI is InChI=1S/C42H60N2O6/c1-24(2)33-28(45)20-42(44-35(47)26-19-25(3)22-43-23-26)18-17-40(9)27(34(33)42)11-12-30-39(8)15-14-31(50-32(46)21-37(4,5)36(48)49)38(6,7)29(39)13-16-41(30,40)10/h19,22-24,29-31,33H,11-18,20-21H2,1-10H3,(H,44,47)(H,48,49)/t29-,30+,31-,33?,39-,40+,41+,42+/m0/s1. The summed E-state index contributed by atoms with van der Waals surface area (Å²) in [5, 5.41) is 13.0. The second-order valence-corrected chi connectivity index (χ2v) is 19.2. The van der Waals surface area contributed by atoms with Gasteiger partial charge in [0.25, 0.3) is 5.91 Å². The lowest BCUT2D eigenvalue weighted by molar-refractivity contribution is -0.214. The van der Waals surface area contributed by atoms with Gasteiger partial charge in [0.1, 0.15) is 11.9 Å². The van der Waals surface area contributed by atoms with Crippen molar-refractivity contribution in [3.8, 4) is 0 Å². The minimum absolute atomic E-state index is 0.00767. The first-order valence-electron chi connectivity index (χ1n) is 19.1. The molecule has 274 valence electrons. The van der Waals surface area contributed by atoms with Gasteiger partial charge in [0.05, 0.1) is 22.9 Å². The first-order chi connectivity index (χ1) is 23.1. The number of fused-ring (bicyclic) bond motifs is 6. The second kappa shape index (κ2) is 12.0. The van der Waals surface area contributed by atoms with Crippen molar-refractivity contribution in [3.05, 3.63) is 40.7 Å². The Bertz CT molecular complexity index is 1640. The molecule has 5 aliphatic rings. The summed E-state index contributed by atoms with van der Waals surface area (Å²) in [6.07, 6.45) is 10.8. The summed E-state index contributed by atoms with van der Waals surface area (Å²) in [5.41, 5.74) is 1.97. The lowest BCUT2D eigenvalue weighted by Crippen LogP contribution is -2.65. The van der Waals surface area contributed by atoms with Gasteiger partial charge < -0.3 is 15.2 Å². The normalized spacial score (nSPS) is 37.7. The number of ether oxygens (including phenoxy) is 1. The van der Waals surface area contributed by atoms with Gasteiger partial charge in [0, 0.05) is 30.1 Å². The molecule has 5 aliphatic carbocycles. The second-order valence-electron chi connectivity index (χ2n) is 19.2. The monoisotopic (exact) mass is 688 g/mol. The Balaban J connectivity index is 1.33. The molecule has 1 aromatic heterocycles. The summed E-state index contributed by atoms with van der Waals surface area (Å²) in [5.74, 6) is -0.565. The number of carbonyl (C=O) groups is 4. The van der Waals surface area contributed by atoms with Crippen molar-refractivity contribution in [2.45, 2.75) is 145 Å². The van der Waals surface area contributed by atoms with E-state index in [-0.39, 0.29) is 57.7 Å². The van der Waals surface area contributed by atoms with Crippen LogP contribution in [0.5, 0.6) is 0 Å². The number of pyridine rings is 1. The number of aryl methyl sites for hydroxylation is 1. The molecule has 0 aromatic carbocycles. The Labute approximate surface area is 299 Å². The Morgan fingerprint density at radius 2 is 1.70 bits per heavy atom. The van der Waals surface area contributed by atoms with Crippen LogP contribution in [0, 0.1) is 57.7 Å². The van der Waals surface area contributed by atoms with Crippen LogP contribution in [0.3, 0.4) is 0 Å². The van der Waals surface area contributed by atoms with Gasteiger partial charge in [-0.3, -0.25) is 24.2 Å². The van der Waals surface area contributed by atoms with Gasteiger partial charge in [-0.25, -0.2) is 0 Å². The highest BCUT2D eigenvalue weighted by Gasteiger charge is 2.69. The molecule has 1 aromatic rings. The van der Waals surface area contributed by atoms with Crippen molar-refractivity contribution in [1.29, 1.82) is 0 Å². The van der Waals surface area contributed by atoms with Gasteiger partial charge in [-0.15, -0.1) is 0 Å². The van der Waals surface area contributed by atoms with Crippen LogP contribution in [0.4, 0.5) is 0 Å². The van der Waals surface area contributed by atoms with E-state index in [9.17, 15) is 24.3 Å². The number of carboxylic acids is 1. The van der Waals surface area contributed by atoms with Crippen LogP contribution in [-0.2, 0) is 19.1 Å². The number of esters is 1. The zero-order chi connectivity index (χ0) is 36.8. The Hall–Kier alpha value is -3.03. The Kier molecular flexibility index (Phi) is 8.83. The van der Waals surface area contributed by atoms with Gasteiger partial charge in [-0.2, -0.15) is 0 Å². The molecule has 4 fully saturated rings. The van der Waals surface area contributed by atoms with E-state index >= 15 is 0 Å². The molecule has 1 heterocycles. The number of carboxylic acid groups (broad SMARTS) is 1. The van der Waals surface area contributed by atoms with E-state index < -0.39 is 22.9 Å². The van der Waals surface area contributed by atoms with Crippen LogP contribution >= 0.6 is 0 Å². The van der Waals surface area contributed by atoms with Gasteiger partial charge in [0.15, 0.2) is 0 Å². The third-order valence-corrected chi connectivity index (χ3v) is 15.2. The molecule has 8 atom stereocenters. The molecule has 1 unspecified atom stereocenters. The number of allylic oxidation sites excluding steroid dienone is 1. The SMILES string of the molecule is Cc1cncc(C(=O)N[C@@]23CC[C@]4(C)C(=C2C(C(C)C)C(=O)C3)CC[C@@H]2[C@@]3(C)CC[C@H](OC(=O)CC(C)(C)C(=O)O)C(C)(C)[C@@H]3CC[C@]24C)c1. The number of rotatable bonds is 7. The quantitative estimate of drug-likeness (QED) is 0.218. The average Bonchev–Trinajstić information content (AvgIpc) is 3.30. The maximum absolute atomic E-state index is 14.0. The molecule has 8 heteroatoms. The number of Topliss-reactive ketones (excluding diaryl/α,β-unsaturated/α-hetero) is 1.